The fourth-order valence-electron chi connectivity index (χ4n) is 3.33. The van der Waals surface area contributed by atoms with Crippen LogP contribution >= 0.6 is 0 Å². The molecule has 1 aliphatic rings. The maximum atomic E-state index is 12.3. The second-order valence-electron chi connectivity index (χ2n) is 6.55. The van der Waals surface area contributed by atoms with E-state index in [1.165, 1.54) is 36.0 Å². The van der Waals surface area contributed by atoms with Crippen LogP contribution in [0.2, 0.25) is 0 Å². The Morgan fingerprint density at radius 3 is 2.50 bits per heavy atom. The molecule has 2 aromatic rings. The van der Waals surface area contributed by atoms with Gasteiger partial charge < -0.3 is 10.1 Å². The molecule has 1 amide bonds. The summed E-state index contributed by atoms with van der Waals surface area (Å²) in [6, 6.07) is 14.3. The molecule has 0 saturated carbocycles. The van der Waals surface area contributed by atoms with E-state index in [1.807, 2.05) is 24.3 Å². The van der Waals surface area contributed by atoms with Crippen LogP contribution < -0.4 is 10.1 Å². The van der Waals surface area contributed by atoms with E-state index < -0.39 is 0 Å². The third-order valence-electron chi connectivity index (χ3n) is 4.77. The first-order valence-electron chi connectivity index (χ1n) is 8.69. The topological polar surface area (TPSA) is 38.3 Å². The van der Waals surface area contributed by atoms with Crippen LogP contribution in [0.3, 0.4) is 0 Å². The molecule has 126 valence electrons. The highest BCUT2D eigenvalue weighted by molar-refractivity contribution is 5.79. The number of nitrogens with one attached hydrogen (secondary N) is 1. The number of ether oxygens (including phenoxy) is 1. The average molecular weight is 323 g/mol. The Bertz CT molecular complexity index is 706. The summed E-state index contributed by atoms with van der Waals surface area (Å²) < 4.78 is 5.14. The van der Waals surface area contributed by atoms with Crippen LogP contribution in [-0.2, 0) is 24.1 Å². The summed E-state index contributed by atoms with van der Waals surface area (Å²) in [4.78, 5) is 12.3. The molecular formula is C21H25NO2. The quantitative estimate of drug-likeness (QED) is 0.903. The summed E-state index contributed by atoms with van der Waals surface area (Å²) in [5.74, 6) is 0.854. The van der Waals surface area contributed by atoms with Crippen molar-refractivity contribution in [1.82, 2.24) is 5.32 Å². The third kappa shape index (κ3) is 3.97. The zero-order valence-corrected chi connectivity index (χ0v) is 14.5. The number of hydrogen-bond acceptors (Lipinski definition) is 2. The third-order valence-corrected chi connectivity index (χ3v) is 4.77. The smallest absolute Gasteiger partial charge is 0.224 e. The Balaban J connectivity index is 1.61. The van der Waals surface area contributed by atoms with Gasteiger partial charge in [-0.3, -0.25) is 4.79 Å². The van der Waals surface area contributed by atoms with Gasteiger partial charge in [-0.05, 0) is 67.0 Å². The largest absolute Gasteiger partial charge is 0.497 e. The van der Waals surface area contributed by atoms with Gasteiger partial charge in [0.05, 0.1) is 19.6 Å². The zero-order chi connectivity index (χ0) is 16.9. The van der Waals surface area contributed by atoms with Crippen LogP contribution in [0.5, 0.6) is 5.75 Å². The first-order chi connectivity index (χ1) is 11.7. The highest BCUT2D eigenvalue weighted by Crippen LogP contribution is 2.24. The maximum absolute atomic E-state index is 12.3. The lowest BCUT2D eigenvalue weighted by molar-refractivity contribution is -0.121. The van der Waals surface area contributed by atoms with Gasteiger partial charge in [0.25, 0.3) is 0 Å². The van der Waals surface area contributed by atoms with E-state index >= 15 is 0 Å². The summed E-state index contributed by atoms with van der Waals surface area (Å²) in [6.07, 6.45) is 5.30. The van der Waals surface area contributed by atoms with Crippen molar-refractivity contribution < 1.29 is 9.53 Å². The van der Waals surface area contributed by atoms with Crippen molar-refractivity contribution in [3.8, 4) is 5.75 Å². The number of rotatable bonds is 5. The summed E-state index contributed by atoms with van der Waals surface area (Å²) >= 11 is 0. The molecule has 24 heavy (non-hydrogen) atoms. The average Bonchev–Trinajstić information content (AvgIpc) is 2.61. The normalized spacial score (nSPS) is 14.6. The first kappa shape index (κ1) is 16.6. The number of carbonyl (C=O) groups excluding carboxylic acids is 1. The minimum absolute atomic E-state index is 0.0305. The van der Waals surface area contributed by atoms with Crippen LogP contribution in [0.15, 0.2) is 42.5 Å². The van der Waals surface area contributed by atoms with E-state index in [0.717, 1.165) is 17.7 Å². The predicted octanol–water partition coefficient (Wildman–Crippen LogP) is 3.99. The van der Waals surface area contributed by atoms with Gasteiger partial charge in [-0.1, -0.05) is 30.3 Å². The lowest BCUT2D eigenvalue weighted by Gasteiger charge is -2.20. The Kier molecular flexibility index (Phi) is 5.19. The SMILES string of the molecule is COc1ccc(CC(=O)N[C@@H](C)c2ccc3c(c2)CCCC3)cc1. The van der Waals surface area contributed by atoms with Crippen LogP contribution in [0.1, 0.15) is 48.1 Å². The summed E-state index contributed by atoms with van der Waals surface area (Å²) in [7, 11) is 1.64. The van der Waals surface area contributed by atoms with Gasteiger partial charge in [0.2, 0.25) is 5.91 Å². The molecule has 0 unspecified atom stereocenters. The van der Waals surface area contributed by atoms with Crippen molar-refractivity contribution in [2.24, 2.45) is 0 Å². The molecule has 2 aromatic carbocycles. The molecule has 3 rings (SSSR count). The lowest BCUT2D eigenvalue weighted by atomic mass is 9.89. The highest BCUT2D eigenvalue weighted by Gasteiger charge is 2.14. The molecule has 0 heterocycles. The Hall–Kier alpha value is -2.29. The van der Waals surface area contributed by atoms with Gasteiger partial charge in [0, 0.05) is 0 Å². The second kappa shape index (κ2) is 7.52. The fourth-order valence-corrected chi connectivity index (χ4v) is 3.33. The molecule has 0 aliphatic heterocycles. The fraction of sp³-hybridized carbons (Fsp3) is 0.381. The molecule has 0 saturated heterocycles. The van der Waals surface area contributed by atoms with Crippen molar-refractivity contribution in [3.63, 3.8) is 0 Å². The number of amides is 1. The van der Waals surface area contributed by atoms with Gasteiger partial charge >= 0.3 is 0 Å². The Morgan fingerprint density at radius 1 is 1.08 bits per heavy atom. The van der Waals surface area contributed by atoms with Gasteiger partial charge in [0.1, 0.15) is 5.75 Å². The summed E-state index contributed by atoms with van der Waals surface area (Å²) in [5.41, 5.74) is 5.11. The van der Waals surface area contributed by atoms with Crippen LogP contribution in [0, 0.1) is 0 Å². The number of benzene rings is 2. The van der Waals surface area contributed by atoms with Gasteiger partial charge in [0.15, 0.2) is 0 Å². The molecular weight excluding hydrogens is 298 g/mol. The van der Waals surface area contributed by atoms with Crippen molar-refractivity contribution in [2.75, 3.05) is 7.11 Å². The van der Waals surface area contributed by atoms with E-state index in [9.17, 15) is 4.79 Å². The summed E-state index contributed by atoms with van der Waals surface area (Å²) in [5, 5.41) is 3.11. The Morgan fingerprint density at radius 2 is 1.79 bits per heavy atom. The molecule has 3 heteroatoms. The number of hydrogen-bond donors (Lipinski definition) is 1. The van der Waals surface area contributed by atoms with E-state index in [-0.39, 0.29) is 11.9 Å². The first-order valence-corrected chi connectivity index (χ1v) is 8.69. The number of methoxy groups -OCH3 is 1. The van der Waals surface area contributed by atoms with E-state index in [1.54, 1.807) is 7.11 Å². The monoisotopic (exact) mass is 323 g/mol. The van der Waals surface area contributed by atoms with Crippen LogP contribution in [0.4, 0.5) is 0 Å². The standard InChI is InChI=1S/C21H25NO2/c1-15(18-10-9-17-5-3-4-6-19(17)14-18)22-21(23)13-16-7-11-20(24-2)12-8-16/h7-12,14-15H,3-6,13H2,1-2H3,(H,22,23)/t15-/m0/s1. The van der Waals surface area contributed by atoms with E-state index in [0.29, 0.717) is 6.42 Å². The number of fused-ring (bicyclic) bond motifs is 1. The van der Waals surface area contributed by atoms with Crippen molar-refractivity contribution in [3.05, 3.63) is 64.7 Å². The molecule has 3 nitrogen and oxygen atoms in total. The molecule has 0 aromatic heterocycles. The molecule has 1 aliphatic carbocycles. The number of aryl methyl sites for hydroxylation is 2. The van der Waals surface area contributed by atoms with Crippen molar-refractivity contribution in [2.45, 2.75) is 45.1 Å². The van der Waals surface area contributed by atoms with Crippen LogP contribution in [0.25, 0.3) is 0 Å². The summed E-state index contributed by atoms with van der Waals surface area (Å²) in [6.45, 7) is 2.05. The van der Waals surface area contributed by atoms with Gasteiger partial charge in [-0.15, -0.1) is 0 Å². The zero-order valence-electron chi connectivity index (χ0n) is 14.5. The molecule has 0 spiro atoms. The molecule has 0 fully saturated rings. The maximum Gasteiger partial charge on any atom is 0.224 e. The second-order valence-corrected chi connectivity index (χ2v) is 6.55. The lowest BCUT2D eigenvalue weighted by Crippen LogP contribution is -2.28. The molecule has 1 atom stereocenters. The van der Waals surface area contributed by atoms with E-state index in [2.05, 4.69) is 30.4 Å². The Labute approximate surface area is 144 Å². The van der Waals surface area contributed by atoms with Gasteiger partial charge in [-0.25, -0.2) is 0 Å². The molecule has 0 radical (unpaired) electrons. The molecule has 1 N–H and O–H groups in total. The predicted molar refractivity (Wildman–Crippen MR) is 96.3 cm³/mol. The minimum atomic E-state index is 0.0305. The minimum Gasteiger partial charge on any atom is -0.497 e. The van der Waals surface area contributed by atoms with E-state index in [4.69, 9.17) is 4.74 Å². The molecule has 0 bridgehead atoms. The van der Waals surface area contributed by atoms with Crippen molar-refractivity contribution >= 4 is 5.91 Å². The van der Waals surface area contributed by atoms with Crippen molar-refractivity contribution in [1.29, 1.82) is 0 Å². The van der Waals surface area contributed by atoms with Crippen LogP contribution in [-0.4, -0.2) is 13.0 Å². The number of carbonyl (C=O) groups is 1. The van der Waals surface area contributed by atoms with Gasteiger partial charge in [-0.2, -0.15) is 0 Å². The highest BCUT2D eigenvalue weighted by atomic mass is 16.5.